The normalized spacial score (nSPS) is 15.7. The summed E-state index contributed by atoms with van der Waals surface area (Å²) in [7, 11) is 1.42. The predicted molar refractivity (Wildman–Crippen MR) is 112 cm³/mol. The molecule has 0 bridgehead atoms. The molecule has 1 aliphatic rings. The molecule has 0 fully saturated rings. The van der Waals surface area contributed by atoms with Crippen molar-refractivity contribution in [1.29, 1.82) is 0 Å². The zero-order valence-corrected chi connectivity index (χ0v) is 17.1. The van der Waals surface area contributed by atoms with Gasteiger partial charge in [0.2, 0.25) is 5.91 Å². The second-order valence-corrected chi connectivity index (χ2v) is 7.26. The number of imide groups is 1. The van der Waals surface area contributed by atoms with Crippen molar-refractivity contribution in [2.24, 2.45) is 5.10 Å². The Hall–Kier alpha value is -3.47. The lowest BCUT2D eigenvalue weighted by Gasteiger charge is -2.21. The highest BCUT2D eigenvalue weighted by Gasteiger charge is 2.32. The molecule has 2 aromatic rings. The van der Waals surface area contributed by atoms with E-state index in [-0.39, 0.29) is 11.7 Å². The van der Waals surface area contributed by atoms with Crippen LogP contribution in [-0.4, -0.2) is 51.1 Å². The third-order valence-electron chi connectivity index (χ3n) is 4.30. The summed E-state index contributed by atoms with van der Waals surface area (Å²) in [5, 5.41) is 17.5. The van der Waals surface area contributed by atoms with Crippen molar-refractivity contribution in [2.75, 3.05) is 12.8 Å². The van der Waals surface area contributed by atoms with Crippen LogP contribution >= 0.6 is 11.8 Å². The van der Waals surface area contributed by atoms with E-state index in [1.165, 1.54) is 7.05 Å². The van der Waals surface area contributed by atoms with E-state index in [9.17, 15) is 14.4 Å². The molecule has 1 aliphatic heterocycles. The number of nitrogens with zero attached hydrogens (tertiary/aromatic N) is 4. The van der Waals surface area contributed by atoms with Gasteiger partial charge in [-0.1, -0.05) is 48.2 Å². The highest BCUT2D eigenvalue weighted by molar-refractivity contribution is 7.99. The first-order chi connectivity index (χ1) is 14.5. The Morgan fingerprint density at radius 2 is 2.10 bits per heavy atom. The van der Waals surface area contributed by atoms with Crippen LogP contribution in [0.3, 0.4) is 0 Å². The van der Waals surface area contributed by atoms with Gasteiger partial charge in [-0.15, -0.1) is 16.8 Å². The highest BCUT2D eigenvalue weighted by atomic mass is 32.2. The van der Waals surface area contributed by atoms with Gasteiger partial charge in [-0.05, 0) is 5.56 Å². The summed E-state index contributed by atoms with van der Waals surface area (Å²) in [5.74, 6) is -0.899. The number of carbonyl (C=O) groups excluding carboxylic acids is 3. The summed E-state index contributed by atoms with van der Waals surface area (Å²) in [6.07, 6.45) is 2.03. The third kappa shape index (κ3) is 4.92. The molecular weight excluding hydrogens is 406 g/mol. The fourth-order valence-corrected chi connectivity index (χ4v) is 3.63. The van der Waals surface area contributed by atoms with Gasteiger partial charge in [0.25, 0.3) is 5.91 Å². The second kappa shape index (κ2) is 9.83. The summed E-state index contributed by atoms with van der Waals surface area (Å²) in [6.45, 7) is 4.11. The smallest absolute Gasteiger partial charge is 0.321 e. The zero-order chi connectivity index (χ0) is 21.5. The van der Waals surface area contributed by atoms with Gasteiger partial charge in [-0.2, -0.15) is 5.10 Å². The first kappa shape index (κ1) is 21.2. The van der Waals surface area contributed by atoms with E-state index in [2.05, 4.69) is 37.9 Å². The minimum absolute atomic E-state index is 0.0315. The lowest BCUT2D eigenvalue weighted by molar-refractivity contribution is -0.123. The number of carbonyl (C=O) groups is 3. The standard InChI is InChI=1S/C19H21N7O3S/c1-3-9-26-16(23-25-19(26)30-11-15(27)21-18(29)20-2)13-10-14(22-24-17(13)28)12-7-5-4-6-8-12/h3-8,13H,1,9-11H2,2H3,(H,24,28)(H2,20,21,27,29). The van der Waals surface area contributed by atoms with Crippen molar-refractivity contribution in [3.8, 4) is 0 Å². The van der Waals surface area contributed by atoms with E-state index in [4.69, 9.17) is 0 Å². The van der Waals surface area contributed by atoms with Crippen LogP contribution in [0.4, 0.5) is 4.79 Å². The molecule has 2 heterocycles. The molecule has 10 nitrogen and oxygen atoms in total. The lowest BCUT2D eigenvalue weighted by Crippen LogP contribution is -2.38. The number of aromatic nitrogens is 3. The number of rotatable bonds is 7. The number of thioether (sulfide) groups is 1. The SMILES string of the molecule is C=CCn1c(SCC(=O)NC(=O)NC)nnc1C1CC(c2ccccc2)=NNC1=O. The summed E-state index contributed by atoms with van der Waals surface area (Å²) in [4.78, 5) is 35.6. The van der Waals surface area contributed by atoms with Gasteiger partial charge in [0, 0.05) is 20.0 Å². The molecule has 0 saturated heterocycles. The predicted octanol–water partition coefficient (Wildman–Crippen LogP) is 1.02. The van der Waals surface area contributed by atoms with Gasteiger partial charge >= 0.3 is 6.03 Å². The van der Waals surface area contributed by atoms with Crippen LogP contribution < -0.4 is 16.1 Å². The maximum absolute atomic E-state index is 12.5. The highest BCUT2D eigenvalue weighted by Crippen LogP contribution is 2.27. The fourth-order valence-electron chi connectivity index (χ4n) is 2.87. The molecule has 3 rings (SSSR count). The zero-order valence-electron chi connectivity index (χ0n) is 16.3. The molecule has 4 amide bonds. The number of nitrogens with one attached hydrogen (secondary N) is 3. The van der Waals surface area contributed by atoms with Gasteiger partial charge < -0.3 is 9.88 Å². The van der Waals surface area contributed by atoms with Crippen LogP contribution in [0.2, 0.25) is 0 Å². The Morgan fingerprint density at radius 1 is 1.33 bits per heavy atom. The molecule has 0 saturated carbocycles. The van der Waals surface area contributed by atoms with Crippen molar-refractivity contribution in [1.82, 2.24) is 30.8 Å². The number of benzene rings is 1. The Bertz CT molecular complexity index is 987. The van der Waals surface area contributed by atoms with Gasteiger partial charge in [0.05, 0.1) is 11.5 Å². The van der Waals surface area contributed by atoms with Crippen molar-refractivity contribution in [3.05, 3.63) is 54.4 Å². The largest absolute Gasteiger partial charge is 0.341 e. The summed E-state index contributed by atoms with van der Waals surface area (Å²) in [6, 6.07) is 8.99. The van der Waals surface area contributed by atoms with Crippen LogP contribution in [0.5, 0.6) is 0 Å². The molecule has 30 heavy (non-hydrogen) atoms. The molecule has 1 unspecified atom stereocenters. The van der Waals surface area contributed by atoms with Crippen molar-refractivity contribution in [2.45, 2.75) is 24.0 Å². The van der Waals surface area contributed by atoms with E-state index in [0.29, 0.717) is 23.9 Å². The number of amides is 4. The maximum Gasteiger partial charge on any atom is 0.321 e. The molecule has 11 heteroatoms. The van der Waals surface area contributed by atoms with Gasteiger partial charge in [0.15, 0.2) is 5.16 Å². The van der Waals surface area contributed by atoms with E-state index in [0.717, 1.165) is 23.0 Å². The average molecular weight is 427 g/mol. The number of urea groups is 1. The average Bonchev–Trinajstić information content (AvgIpc) is 3.15. The van der Waals surface area contributed by atoms with Crippen molar-refractivity contribution >= 4 is 35.3 Å². The van der Waals surface area contributed by atoms with E-state index in [1.807, 2.05) is 30.3 Å². The van der Waals surface area contributed by atoms with Crippen LogP contribution in [0.25, 0.3) is 0 Å². The van der Waals surface area contributed by atoms with E-state index >= 15 is 0 Å². The number of hydrazone groups is 1. The van der Waals surface area contributed by atoms with Crippen LogP contribution in [0.1, 0.15) is 23.7 Å². The number of allylic oxidation sites excluding steroid dienone is 1. The molecule has 0 radical (unpaired) electrons. The summed E-state index contributed by atoms with van der Waals surface area (Å²) < 4.78 is 1.74. The van der Waals surface area contributed by atoms with Gasteiger partial charge in [-0.25, -0.2) is 10.2 Å². The van der Waals surface area contributed by atoms with Crippen LogP contribution in [-0.2, 0) is 16.1 Å². The van der Waals surface area contributed by atoms with Crippen molar-refractivity contribution in [3.63, 3.8) is 0 Å². The Labute approximate surface area is 177 Å². The number of hydrogen-bond donors (Lipinski definition) is 3. The first-order valence-corrected chi connectivity index (χ1v) is 10.1. The second-order valence-electron chi connectivity index (χ2n) is 6.31. The molecular formula is C19H21N7O3S. The van der Waals surface area contributed by atoms with E-state index in [1.54, 1.807) is 10.6 Å². The first-order valence-electron chi connectivity index (χ1n) is 9.13. The molecule has 0 aliphatic carbocycles. The summed E-state index contributed by atoms with van der Waals surface area (Å²) >= 11 is 1.12. The molecule has 1 aromatic heterocycles. The van der Waals surface area contributed by atoms with Crippen LogP contribution in [0, 0.1) is 0 Å². The fraction of sp³-hybridized carbons (Fsp3) is 0.263. The minimum atomic E-state index is -0.584. The quantitative estimate of drug-likeness (QED) is 0.447. The summed E-state index contributed by atoms with van der Waals surface area (Å²) in [5.41, 5.74) is 4.22. The Balaban J connectivity index is 1.79. The molecule has 3 N–H and O–H groups in total. The van der Waals surface area contributed by atoms with Crippen molar-refractivity contribution < 1.29 is 14.4 Å². The Kier molecular flexibility index (Phi) is 6.96. The maximum atomic E-state index is 12.5. The third-order valence-corrected chi connectivity index (χ3v) is 5.27. The Morgan fingerprint density at radius 3 is 2.80 bits per heavy atom. The number of hydrogen-bond acceptors (Lipinski definition) is 7. The molecule has 156 valence electrons. The van der Waals surface area contributed by atoms with Crippen LogP contribution in [0.15, 0.2) is 53.2 Å². The monoisotopic (exact) mass is 427 g/mol. The minimum Gasteiger partial charge on any atom is -0.341 e. The van der Waals surface area contributed by atoms with Gasteiger partial charge in [0.1, 0.15) is 11.7 Å². The topological polar surface area (TPSA) is 130 Å². The van der Waals surface area contributed by atoms with Gasteiger partial charge in [-0.3, -0.25) is 14.9 Å². The van der Waals surface area contributed by atoms with E-state index < -0.39 is 17.9 Å². The lowest BCUT2D eigenvalue weighted by atomic mass is 9.95. The molecule has 1 aromatic carbocycles. The molecule has 1 atom stereocenters. The molecule has 0 spiro atoms.